The van der Waals surface area contributed by atoms with E-state index in [9.17, 15) is 4.79 Å². The van der Waals surface area contributed by atoms with Gasteiger partial charge in [0.15, 0.2) is 0 Å². The van der Waals surface area contributed by atoms with Crippen LogP contribution in [0.5, 0.6) is 0 Å². The van der Waals surface area contributed by atoms with E-state index in [0.29, 0.717) is 12.2 Å². The molecule has 0 saturated heterocycles. The van der Waals surface area contributed by atoms with Crippen molar-refractivity contribution in [1.29, 1.82) is 0 Å². The Morgan fingerprint density at radius 2 is 2.15 bits per heavy atom. The predicted octanol–water partition coefficient (Wildman–Crippen LogP) is 2.29. The van der Waals surface area contributed by atoms with Crippen LogP contribution < -0.4 is 11.1 Å². The van der Waals surface area contributed by atoms with E-state index in [1.54, 1.807) is 0 Å². The molecule has 0 aliphatic carbocycles. The van der Waals surface area contributed by atoms with Gasteiger partial charge in [0.1, 0.15) is 0 Å². The number of carbonyl (C=O) groups excluding carboxylic acids is 1. The molecule has 0 fully saturated rings. The minimum Gasteiger partial charge on any atom is -0.399 e. The number of nitrogens with one attached hydrogen (secondary N) is 1. The Kier molecular flexibility index (Phi) is 6.02. The number of nitrogen functional groups attached to an aromatic ring is 1. The Hall–Kier alpha value is -1.55. The first-order chi connectivity index (χ1) is 9.35. The van der Waals surface area contributed by atoms with Crippen LogP contribution in [0.2, 0.25) is 0 Å². The van der Waals surface area contributed by atoms with Gasteiger partial charge in [0.05, 0.1) is 5.92 Å². The van der Waals surface area contributed by atoms with Crippen molar-refractivity contribution in [3.63, 3.8) is 0 Å². The van der Waals surface area contributed by atoms with Gasteiger partial charge >= 0.3 is 0 Å². The summed E-state index contributed by atoms with van der Waals surface area (Å²) in [6.07, 6.45) is 1.64. The van der Waals surface area contributed by atoms with Gasteiger partial charge in [-0.3, -0.25) is 4.79 Å². The molecule has 0 aliphatic rings. The third-order valence-electron chi connectivity index (χ3n) is 3.56. The summed E-state index contributed by atoms with van der Waals surface area (Å²) in [4.78, 5) is 12.2. The highest BCUT2D eigenvalue weighted by molar-refractivity contribution is 5.83. The largest absolute Gasteiger partial charge is 0.399 e. The second-order valence-corrected chi connectivity index (χ2v) is 6.10. The molecule has 0 saturated carbocycles. The van der Waals surface area contributed by atoms with Gasteiger partial charge in [-0.15, -0.1) is 0 Å². The first-order valence-electron chi connectivity index (χ1n) is 7.10. The average Bonchev–Trinajstić information content (AvgIpc) is 2.42. The van der Waals surface area contributed by atoms with E-state index < -0.39 is 0 Å². The number of carbonyl (C=O) groups is 1. The Morgan fingerprint density at radius 3 is 2.75 bits per heavy atom. The molecule has 0 heterocycles. The number of aliphatic hydroxyl groups is 1. The summed E-state index contributed by atoms with van der Waals surface area (Å²) in [5, 5.41) is 11.9. The predicted molar refractivity (Wildman–Crippen MR) is 82.4 cm³/mol. The van der Waals surface area contributed by atoms with E-state index in [4.69, 9.17) is 10.8 Å². The highest BCUT2D eigenvalue weighted by atomic mass is 16.2. The van der Waals surface area contributed by atoms with Gasteiger partial charge in [-0.1, -0.05) is 26.0 Å². The van der Waals surface area contributed by atoms with Crippen molar-refractivity contribution in [1.82, 2.24) is 5.32 Å². The van der Waals surface area contributed by atoms with Crippen molar-refractivity contribution in [2.45, 2.75) is 39.5 Å². The molecule has 1 aromatic rings. The average molecular weight is 278 g/mol. The molecule has 4 nitrogen and oxygen atoms in total. The van der Waals surface area contributed by atoms with E-state index in [0.717, 1.165) is 18.4 Å². The summed E-state index contributed by atoms with van der Waals surface area (Å²) < 4.78 is 0. The van der Waals surface area contributed by atoms with Crippen LogP contribution >= 0.6 is 0 Å². The van der Waals surface area contributed by atoms with E-state index in [1.807, 2.05) is 31.2 Å². The molecule has 4 heteroatoms. The van der Waals surface area contributed by atoms with Gasteiger partial charge in [0.25, 0.3) is 0 Å². The molecular formula is C16H26N2O2. The molecule has 20 heavy (non-hydrogen) atoms. The van der Waals surface area contributed by atoms with Crippen LogP contribution in [0.3, 0.4) is 0 Å². The second kappa shape index (κ2) is 7.29. The summed E-state index contributed by atoms with van der Waals surface area (Å²) in [6, 6.07) is 7.42. The zero-order valence-electron chi connectivity index (χ0n) is 12.6. The van der Waals surface area contributed by atoms with Gasteiger partial charge in [-0.25, -0.2) is 0 Å². The molecule has 1 rings (SSSR count). The van der Waals surface area contributed by atoms with E-state index in [1.165, 1.54) is 0 Å². The topological polar surface area (TPSA) is 75.3 Å². The summed E-state index contributed by atoms with van der Waals surface area (Å²) >= 11 is 0. The van der Waals surface area contributed by atoms with Crippen LogP contribution in [0.4, 0.5) is 5.69 Å². The van der Waals surface area contributed by atoms with Gasteiger partial charge in [-0.05, 0) is 42.9 Å². The van der Waals surface area contributed by atoms with Gasteiger partial charge in [0.2, 0.25) is 5.91 Å². The first-order valence-corrected chi connectivity index (χ1v) is 7.10. The van der Waals surface area contributed by atoms with E-state index >= 15 is 0 Å². The molecule has 0 spiro atoms. The lowest BCUT2D eigenvalue weighted by Crippen LogP contribution is -2.36. The monoisotopic (exact) mass is 278 g/mol. The number of anilines is 1. The maximum atomic E-state index is 12.2. The summed E-state index contributed by atoms with van der Waals surface area (Å²) in [6.45, 7) is 6.86. The molecule has 1 atom stereocenters. The number of amides is 1. The van der Waals surface area contributed by atoms with E-state index in [-0.39, 0.29) is 23.8 Å². The zero-order valence-corrected chi connectivity index (χ0v) is 12.6. The third-order valence-corrected chi connectivity index (χ3v) is 3.56. The zero-order chi connectivity index (χ0) is 15.2. The van der Waals surface area contributed by atoms with E-state index in [2.05, 4.69) is 19.2 Å². The van der Waals surface area contributed by atoms with Gasteiger partial charge in [-0.2, -0.15) is 0 Å². The first kappa shape index (κ1) is 16.5. The van der Waals surface area contributed by atoms with Crippen LogP contribution in [0, 0.1) is 5.41 Å². The fourth-order valence-corrected chi connectivity index (χ4v) is 2.11. The van der Waals surface area contributed by atoms with Gasteiger partial charge < -0.3 is 16.2 Å². The number of hydrogen-bond donors (Lipinski definition) is 3. The Labute approximate surface area is 121 Å². The number of rotatable bonds is 7. The molecule has 0 aliphatic heterocycles. The fourth-order valence-electron chi connectivity index (χ4n) is 2.11. The fraction of sp³-hybridized carbons (Fsp3) is 0.562. The molecule has 0 aromatic heterocycles. The molecule has 4 N–H and O–H groups in total. The summed E-state index contributed by atoms with van der Waals surface area (Å²) in [5.41, 5.74) is 7.33. The van der Waals surface area contributed by atoms with Crippen LogP contribution in [-0.4, -0.2) is 24.2 Å². The lowest BCUT2D eigenvalue weighted by molar-refractivity contribution is -0.122. The molecule has 0 bridgehead atoms. The minimum atomic E-state index is -0.216. The minimum absolute atomic E-state index is 0.00613. The number of benzene rings is 1. The highest BCUT2D eigenvalue weighted by Crippen LogP contribution is 2.22. The number of hydrogen-bond acceptors (Lipinski definition) is 3. The smallest absolute Gasteiger partial charge is 0.227 e. The lowest BCUT2D eigenvalue weighted by atomic mass is 9.87. The van der Waals surface area contributed by atoms with Crippen molar-refractivity contribution < 1.29 is 9.90 Å². The molecule has 1 aromatic carbocycles. The summed E-state index contributed by atoms with van der Waals surface area (Å²) in [7, 11) is 0. The SMILES string of the molecule is CC(C(=O)NCC(C)(C)CCCO)c1cccc(N)c1. The van der Waals surface area contributed by atoms with Gasteiger partial charge in [0, 0.05) is 18.8 Å². The molecular weight excluding hydrogens is 252 g/mol. The quantitative estimate of drug-likeness (QED) is 0.670. The van der Waals surface area contributed by atoms with Crippen molar-refractivity contribution >= 4 is 11.6 Å². The van der Waals surface area contributed by atoms with Crippen LogP contribution in [0.25, 0.3) is 0 Å². The molecule has 112 valence electrons. The normalized spacial score (nSPS) is 13.0. The van der Waals surface area contributed by atoms with Crippen LogP contribution in [0.15, 0.2) is 24.3 Å². The summed E-state index contributed by atoms with van der Waals surface area (Å²) in [5.74, 6) is -0.209. The maximum absolute atomic E-state index is 12.2. The Morgan fingerprint density at radius 1 is 1.45 bits per heavy atom. The second-order valence-electron chi connectivity index (χ2n) is 6.10. The van der Waals surface area contributed by atoms with Crippen molar-refractivity contribution in [3.8, 4) is 0 Å². The van der Waals surface area contributed by atoms with Crippen molar-refractivity contribution in [2.24, 2.45) is 5.41 Å². The number of nitrogens with two attached hydrogens (primary N) is 1. The molecule has 0 radical (unpaired) electrons. The number of aliphatic hydroxyl groups excluding tert-OH is 1. The maximum Gasteiger partial charge on any atom is 0.227 e. The Bertz CT molecular complexity index is 444. The van der Waals surface area contributed by atoms with Crippen molar-refractivity contribution in [2.75, 3.05) is 18.9 Å². The molecule has 1 amide bonds. The standard InChI is InChI=1S/C16H26N2O2/c1-12(13-6-4-7-14(17)10-13)15(20)18-11-16(2,3)8-5-9-19/h4,6-7,10,12,19H,5,8-9,11,17H2,1-3H3,(H,18,20). The van der Waals surface area contributed by atoms with Crippen molar-refractivity contribution in [3.05, 3.63) is 29.8 Å². The third kappa shape index (κ3) is 5.21. The van der Waals surface area contributed by atoms with Crippen LogP contribution in [0.1, 0.15) is 45.1 Å². The van der Waals surface area contributed by atoms with Crippen LogP contribution in [-0.2, 0) is 4.79 Å². The highest BCUT2D eigenvalue weighted by Gasteiger charge is 2.21. The lowest BCUT2D eigenvalue weighted by Gasteiger charge is -2.25. The molecule has 1 unspecified atom stereocenters. The Balaban J connectivity index is 2.54.